The van der Waals surface area contributed by atoms with Crippen molar-refractivity contribution in [2.24, 2.45) is 5.92 Å². The van der Waals surface area contributed by atoms with Crippen molar-refractivity contribution >= 4 is 17.5 Å². The number of halogens is 1. The fourth-order valence-corrected chi connectivity index (χ4v) is 4.64. The lowest BCUT2D eigenvalue weighted by molar-refractivity contribution is 0.0498. The Kier molecular flexibility index (Phi) is 4.77. The molecule has 1 saturated heterocycles. The molecule has 1 saturated carbocycles. The highest BCUT2D eigenvalue weighted by Gasteiger charge is 2.45. The second-order valence-electron chi connectivity index (χ2n) is 8.64. The zero-order valence-electron chi connectivity index (χ0n) is 16.4. The maximum atomic E-state index is 6.03. The smallest absolute Gasteiger partial charge is 0.223 e. The largest absolute Gasteiger partial charge is 0.376 e. The van der Waals surface area contributed by atoms with Crippen LogP contribution in [0.1, 0.15) is 41.8 Å². The second-order valence-corrected chi connectivity index (χ2v) is 9.08. The predicted molar refractivity (Wildman–Crippen MR) is 111 cm³/mol. The molecular weight excluding hydrogens is 372 g/mol. The average molecular weight is 399 g/mol. The number of anilines is 1. The van der Waals surface area contributed by atoms with Gasteiger partial charge in [-0.3, -0.25) is 4.90 Å². The van der Waals surface area contributed by atoms with Crippen molar-refractivity contribution in [3.8, 4) is 0 Å². The Morgan fingerprint density at radius 1 is 1.25 bits per heavy atom. The highest BCUT2D eigenvalue weighted by atomic mass is 35.5. The molecule has 3 aliphatic rings. The van der Waals surface area contributed by atoms with Gasteiger partial charge < -0.3 is 10.1 Å². The third-order valence-corrected chi connectivity index (χ3v) is 6.59. The first-order valence-corrected chi connectivity index (χ1v) is 10.7. The molecule has 0 bridgehead atoms. The van der Waals surface area contributed by atoms with Gasteiger partial charge in [0.2, 0.25) is 5.95 Å². The topological polar surface area (TPSA) is 50.3 Å². The van der Waals surface area contributed by atoms with E-state index in [0.717, 1.165) is 61.8 Å². The highest BCUT2D eigenvalue weighted by molar-refractivity contribution is 6.30. The van der Waals surface area contributed by atoms with Crippen LogP contribution in [0.15, 0.2) is 24.3 Å². The van der Waals surface area contributed by atoms with Crippen LogP contribution >= 0.6 is 11.6 Å². The third-order valence-electron chi connectivity index (χ3n) is 6.34. The molecule has 148 valence electrons. The highest BCUT2D eigenvalue weighted by Crippen LogP contribution is 2.40. The summed E-state index contributed by atoms with van der Waals surface area (Å²) in [5.41, 5.74) is 4.73. The van der Waals surface area contributed by atoms with E-state index in [1.807, 2.05) is 12.1 Å². The van der Waals surface area contributed by atoms with Gasteiger partial charge in [0.15, 0.2) is 0 Å². The minimum Gasteiger partial charge on any atom is -0.376 e. The van der Waals surface area contributed by atoms with Crippen molar-refractivity contribution in [2.75, 3.05) is 31.6 Å². The summed E-state index contributed by atoms with van der Waals surface area (Å²) in [6.07, 6.45) is 3.73. The maximum absolute atomic E-state index is 6.03. The van der Waals surface area contributed by atoms with Crippen LogP contribution in [0.3, 0.4) is 0 Å². The summed E-state index contributed by atoms with van der Waals surface area (Å²) in [6, 6.07) is 8.17. The number of rotatable bonds is 5. The Balaban J connectivity index is 1.37. The quantitative estimate of drug-likeness (QED) is 0.826. The summed E-state index contributed by atoms with van der Waals surface area (Å²) in [6.45, 7) is 7.42. The van der Waals surface area contributed by atoms with Gasteiger partial charge in [0, 0.05) is 35.9 Å². The summed E-state index contributed by atoms with van der Waals surface area (Å²) >= 11 is 6.03. The number of nitrogens with zero attached hydrogens (tertiary/aromatic N) is 3. The molecule has 28 heavy (non-hydrogen) atoms. The number of likely N-dealkylation sites (tertiary alicyclic amines) is 1. The van der Waals surface area contributed by atoms with E-state index < -0.39 is 0 Å². The van der Waals surface area contributed by atoms with E-state index in [9.17, 15) is 0 Å². The molecule has 2 aromatic rings. The zero-order chi connectivity index (χ0) is 19.1. The first-order chi connectivity index (χ1) is 13.6. The number of aryl methyl sites for hydroxylation is 1. The SMILES string of the molecule is Cc1nc(NCC2CC2)nc2c1COCC21CCN(Cc2ccc(Cl)cc2)C1. The van der Waals surface area contributed by atoms with Gasteiger partial charge in [-0.2, -0.15) is 0 Å². The second kappa shape index (κ2) is 7.29. The van der Waals surface area contributed by atoms with Crippen LogP contribution in [0.2, 0.25) is 5.02 Å². The van der Waals surface area contributed by atoms with Crippen LogP contribution < -0.4 is 5.32 Å². The Bertz CT molecular complexity index is 868. The lowest BCUT2D eigenvalue weighted by atomic mass is 9.80. The summed E-state index contributed by atoms with van der Waals surface area (Å²) in [5.74, 6) is 1.60. The Morgan fingerprint density at radius 3 is 2.86 bits per heavy atom. The first-order valence-electron chi connectivity index (χ1n) is 10.3. The average Bonchev–Trinajstić information content (AvgIpc) is 3.44. The van der Waals surface area contributed by atoms with Crippen molar-refractivity contribution in [3.63, 3.8) is 0 Å². The van der Waals surface area contributed by atoms with E-state index >= 15 is 0 Å². The van der Waals surface area contributed by atoms with Crippen molar-refractivity contribution in [2.45, 2.75) is 44.8 Å². The molecule has 3 heterocycles. The molecule has 2 aliphatic heterocycles. The number of nitrogens with one attached hydrogen (secondary N) is 1. The van der Waals surface area contributed by atoms with Gasteiger partial charge in [0.05, 0.1) is 24.3 Å². The van der Waals surface area contributed by atoms with E-state index in [1.165, 1.54) is 29.7 Å². The van der Waals surface area contributed by atoms with Gasteiger partial charge in [-0.25, -0.2) is 9.97 Å². The predicted octanol–water partition coefficient (Wildman–Crippen LogP) is 3.93. The Morgan fingerprint density at radius 2 is 2.07 bits per heavy atom. The van der Waals surface area contributed by atoms with Crippen LogP contribution in [-0.2, 0) is 23.3 Å². The third kappa shape index (κ3) is 3.63. The number of fused-ring (bicyclic) bond motifs is 2. The molecule has 1 atom stereocenters. The van der Waals surface area contributed by atoms with Crippen LogP contribution in [0.5, 0.6) is 0 Å². The lowest BCUT2D eigenvalue weighted by Gasteiger charge is -2.35. The molecule has 5 rings (SSSR count). The van der Waals surface area contributed by atoms with Gasteiger partial charge in [0.1, 0.15) is 0 Å². The van der Waals surface area contributed by atoms with E-state index in [4.69, 9.17) is 26.3 Å². The number of hydrogen-bond acceptors (Lipinski definition) is 5. The van der Waals surface area contributed by atoms with Crippen LogP contribution in [0.25, 0.3) is 0 Å². The molecule has 1 aromatic carbocycles. The maximum Gasteiger partial charge on any atom is 0.223 e. The van der Waals surface area contributed by atoms with Gasteiger partial charge in [-0.15, -0.1) is 0 Å². The van der Waals surface area contributed by atoms with Gasteiger partial charge in [-0.1, -0.05) is 23.7 Å². The number of ether oxygens (including phenoxy) is 1. The zero-order valence-corrected chi connectivity index (χ0v) is 17.1. The number of aromatic nitrogens is 2. The molecule has 0 amide bonds. The van der Waals surface area contributed by atoms with Gasteiger partial charge in [-0.05, 0) is 56.3 Å². The van der Waals surface area contributed by atoms with Crippen molar-refractivity contribution < 1.29 is 4.74 Å². The molecule has 0 radical (unpaired) electrons. The van der Waals surface area contributed by atoms with E-state index in [1.54, 1.807) is 0 Å². The van der Waals surface area contributed by atoms with Crippen LogP contribution in [0.4, 0.5) is 5.95 Å². The fourth-order valence-electron chi connectivity index (χ4n) is 4.51. The molecule has 2 fully saturated rings. The molecule has 1 aromatic heterocycles. The summed E-state index contributed by atoms with van der Waals surface area (Å²) in [7, 11) is 0. The molecule has 1 N–H and O–H groups in total. The monoisotopic (exact) mass is 398 g/mol. The van der Waals surface area contributed by atoms with Gasteiger partial charge >= 0.3 is 0 Å². The number of benzene rings is 1. The Hall–Kier alpha value is -1.69. The van der Waals surface area contributed by atoms with Gasteiger partial charge in [0.25, 0.3) is 0 Å². The van der Waals surface area contributed by atoms with E-state index in [2.05, 4.69) is 29.3 Å². The summed E-state index contributed by atoms with van der Waals surface area (Å²) in [4.78, 5) is 12.2. The summed E-state index contributed by atoms with van der Waals surface area (Å²) < 4.78 is 6.03. The fraction of sp³-hybridized carbons (Fsp3) is 0.545. The molecule has 1 spiro atoms. The minimum atomic E-state index is -0.0241. The molecule has 1 aliphatic carbocycles. The molecular formula is C22H27ClN4O. The standard InChI is InChI=1S/C22H27ClN4O/c1-15-19-12-28-14-22(20(19)26-21(25-15)24-10-16-2-3-16)8-9-27(13-22)11-17-4-6-18(23)7-5-17/h4-7,16H,2-3,8-14H2,1H3,(H,24,25,26). The number of hydrogen-bond donors (Lipinski definition) is 1. The first kappa shape index (κ1) is 18.3. The van der Waals surface area contributed by atoms with E-state index in [-0.39, 0.29) is 5.41 Å². The van der Waals surface area contributed by atoms with Crippen LogP contribution in [-0.4, -0.2) is 41.1 Å². The normalized spacial score (nSPS) is 24.5. The summed E-state index contributed by atoms with van der Waals surface area (Å²) in [5, 5.41) is 4.26. The molecule has 5 nitrogen and oxygen atoms in total. The van der Waals surface area contributed by atoms with E-state index in [0.29, 0.717) is 6.61 Å². The molecule has 1 unspecified atom stereocenters. The van der Waals surface area contributed by atoms with Crippen molar-refractivity contribution in [3.05, 3.63) is 51.8 Å². The van der Waals surface area contributed by atoms with Crippen molar-refractivity contribution in [1.82, 2.24) is 14.9 Å². The lowest BCUT2D eigenvalue weighted by Crippen LogP contribution is -2.41. The molecule has 6 heteroatoms. The minimum absolute atomic E-state index is 0.0241. The van der Waals surface area contributed by atoms with Crippen molar-refractivity contribution in [1.29, 1.82) is 0 Å². The Labute approximate surface area is 171 Å². The van der Waals surface area contributed by atoms with Crippen LogP contribution in [0, 0.1) is 12.8 Å².